The van der Waals surface area contributed by atoms with E-state index in [0.29, 0.717) is 6.04 Å². The number of nitriles is 1. The highest BCUT2D eigenvalue weighted by atomic mass is 15.2. The fraction of sp³-hybridized carbons (Fsp3) is 0.929. The van der Waals surface area contributed by atoms with E-state index in [2.05, 4.69) is 37.1 Å². The molecule has 0 saturated carbocycles. The highest BCUT2D eigenvalue weighted by molar-refractivity contribution is 5.03. The van der Waals surface area contributed by atoms with Gasteiger partial charge in [-0.3, -0.25) is 0 Å². The molecule has 3 heteroatoms. The maximum atomic E-state index is 9.15. The van der Waals surface area contributed by atoms with E-state index >= 15 is 0 Å². The first-order chi connectivity index (χ1) is 7.91. The second-order valence-electron chi connectivity index (χ2n) is 6.00. The Morgan fingerprint density at radius 3 is 2.59 bits per heavy atom. The van der Waals surface area contributed by atoms with Gasteiger partial charge in [0, 0.05) is 19.1 Å². The third-order valence-electron chi connectivity index (χ3n) is 4.42. The molecule has 1 heterocycles. The normalized spacial score (nSPS) is 34.0. The average Bonchev–Trinajstić information content (AvgIpc) is 2.31. The standard InChI is InChI=1S/C14H27N3/c1-11-8-12(2)13(3)17(9-11)7-6-14(4,10-15)16-5/h11-13,16H,6-9H2,1-5H3. The van der Waals surface area contributed by atoms with Gasteiger partial charge in [-0.05, 0) is 45.6 Å². The fourth-order valence-electron chi connectivity index (χ4n) is 2.73. The number of nitrogens with zero attached hydrogens (tertiary/aromatic N) is 2. The molecule has 1 rings (SSSR count). The first kappa shape index (κ1) is 14.5. The molecule has 1 aliphatic rings. The number of piperidine rings is 1. The van der Waals surface area contributed by atoms with Crippen LogP contribution in [0.2, 0.25) is 0 Å². The summed E-state index contributed by atoms with van der Waals surface area (Å²) < 4.78 is 0. The van der Waals surface area contributed by atoms with Crippen LogP contribution in [0.4, 0.5) is 0 Å². The summed E-state index contributed by atoms with van der Waals surface area (Å²) in [5.41, 5.74) is -0.385. The molecule has 0 aromatic heterocycles. The van der Waals surface area contributed by atoms with Crippen molar-refractivity contribution >= 4 is 0 Å². The Morgan fingerprint density at radius 2 is 2.06 bits per heavy atom. The van der Waals surface area contributed by atoms with Crippen LogP contribution < -0.4 is 5.32 Å². The van der Waals surface area contributed by atoms with Gasteiger partial charge in [-0.25, -0.2) is 0 Å². The summed E-state index contributed by atoms with van der Waals surface area (Å²) in [4.78, 5) is 2.55. The Kier molecular flexibility index (Phi) is 4.97. The van der Waals surface area contributed by atoms with Gasteiger partial charge in [0.15, 0.2) is 0 Å². The van der Waals surface area contributed by atoms with Gasteiger partial charge in [0.25, 0.3) is 0 Å². The predicted octanol–water partition coefficient (Wildman–Crippen LogP) is 2.24. The number of hydrogen-bond acceptors (Lipinski definition) is 3. The molecule has 1 fully saturated rings. The zero-order valence-electron chi connectivity index (χ0n) is 12.0. The molecule has 4 unspecified atom stereocenters. The summed E-state index contributed by atoms with van der Waals surface area (Å²) in [7, 11) is 1.87. The monoisotopic (exact) mass is 237 g/mol. The molecule has 1 N–H and O–H groups in total. The lowest BCUT2D eigenvalue weighted by atomic mass is 9.85. The molecule has 0 aliphatic carbocycles. The van der Waals surface area contributed by atoms with Crippen LogP contribution in [0.25, 0.3) is 0 Å². The minimum atomic E-state index is -0.385. The molecule has 0 bridgehead atoms. The molecule has 0 spiro atoms. The zero-order chi connectivity index (χ0) is 13.1. The van der Waals surface area contributed by atoms with Crippen molar-refractivity contribution in [2.24, 2.45) is 11.8 Å². The Hall–Kier alpha value is -0.590. The summed E-state index contributed by atoms with van der Waals surface area (Å²) >= 11 is 0. The van der Waals surface area contributed by atoms with Crippen LogP contribution in [0.5, 0.6) is 0 Å². The summed E-state index contributed by atoms with van der Waals surface area (Å²) in [5.74, 6) is 1.55. The minimum absolute atomic E-state index is 0.385. The van der Waals surface area contributed by atoms with Gasteiger partial charge < -0.3 is 10.2 Å². The van der Waals surface area contributed by atoms with Gasteiger partial charge in [0.2, 0.25) is 0 Å². The van der Waals surface area contributed by atoms with Gasteiger partial charge >= 0.3 is 0 Å². The van der Waals surface area contributed by atoms with Crippen molar-refractivity contribution < 1.29 is 0 Å². The second kappa shape index (κ2) is 5.84. The largest absolute Gasteiger partial charge is 0.303 e. The Balaban J connectivity index is 2.53. The molecule has 17 heavy (non-hydrogen) atoms. The lowest BCUT2D eigenvalue weighted by Gasteiger charge is -2.42. The Morgan fingerprint density at radius 1 is 1.41 bits per heavy atom. The van der Waals surface area contributed by atoms with Crippen LogP contribution in [0.1, 0.15) is 40.5 Å². The smallest absolute Gasteiger partial charge is 0.104 e. The minimum Gasteiger partial charge on any atom is -0.303 e. The van der Waals surface area contributed by atoms with Crippen LogP contribution in [-0.2, 0) is 0 Å². The van der Waals surface area contributed by atoms with Crippen LogP contribution >= 0.6 is 0 Å². The predicted molar refractivity (Wildman–Crippen MR) is 71.7 cm³/mol. The molecule has 0 radical (unpaired) electrons. The highest BCUT2D eigenvalue weighted by Crippen LogP contribution is 2.27. The molecule has 0 aromatic carbocycles. The van der Waals surface area contributed by atoms with Gasteiger partial charge in [0.1, 0.15) is 5.54 Å². The zero-order valence-corrected chi connectivity index (χ0v) is 12.0. The van der Waals surface area contributed by atoms with E-state index in [1.54, 1.807) is 0 Å². The van der Waals surface area contributed by atoms with E-state index in [4.69, 9.17) is 5.26 Å². The lowest BCUT2D eigenvalue weighted by Crippen LogP contribution is -2.49. The quantitative estimate of drug-likeness (QED) is 0.815. The molecule has 3 nitrogen and oxygen atoms in total. The van der Waals surface area contributed by atoms with Crippen molar-refractivity contribution in [3.63, 3.8) is 0 Å². The molecule has 4 atom stereocenters. The first-order valence-corrected chi connectivity index (χ1v) is 6.76. The lowest BCUT2D eigenvalue weighted by molar-refractivity contribution is 0.0740. The average molecular weight is 237 g/mol. The topological polar surface area (TPSA) is 39.1 Å². The molecule has 0 aromatic rings. The molecule has 98 valence electrons. The number of nitrogens with one attached hydrogen (secondary N) is 1. The van der Waals surface area contributed by atoms with Gasteiger partial charge in [-0.1, -0.05) is 13.8 Å². The summed E-state index contributed by atoms with van der Waals surface area (Å²) in [6.07, 6.45) is 2.23. The van der Waals surface area contributed by atoms with Crippen molar-refractivity contribution in [3.8, 4) is 6.07 Å². The van der Waals surface area contributed by atoms with E-state index in [1.165, 1.54) is 13.0 Å². The number of likely N-dealkylation sites (tertiary alicyclic amines) is 1. The first-order valence-electron chi connectivity index (χ1n) is 6.76. The van der Waals surface area contributed by atoms with Crippen molar-refractivity contribution in [2.45, 2.75) is 52.1 Å². The molecular weight excluding hydrogens is 210 g/mol. The molecular formula is C14H27N3. The van der Waals surface area contributed by atoms with Crippen LogP contribution in [0.3, 0.4) is 0 Å². The van der Waals surface area contributed by atoms with E-state index in [1.807, 2.05) is 14.0 Å². The van der Waals surface area contributed by atoms with Gasteiger partial charge in [-0.15, -0.1) is 0 Å². The summed E-state index contributed by atoms with van der Waals surface area (Å²) in [6, 6.07) is 3.01. The molecule has 1 aliphatic heterocycles. The van der Waals surface area contributed by atoms with E-state index in [0.717, 1.165) is 24.8 Å². The van der Waals surface area contributed by atoms with Crippen LogP contribution in [0.15, 0.2) is 0 Å². The van der Waals surface area contributed by atoms with Gasteiger partial charge in [0.05, 0.1) is 6.07 Å². The van der Waals surface area contributed by atoms with E-state index in [-0.39, 0.29) is 5.54 Å². The third-order valence-corrected chi connectivity index (χ3v) is 4.42. The summed E-state index contributed by atoms with van der Waals surface area (Å²) in [5, 5.41) is 12.3. The molecule has 0 amide bonds. The Bertz CT molecular complexity index is 284. The van der Waals surface area contributed by atoms with Crippen LogP contribution in [-0.4, -0.2) is 36.6 Å². The molecule has 1 saturated heterocycles. The van der Waals surface area contributed by atoms with Crippen molar-refractivity contribution in [1.29, 1.82) is 5.26 Å². The van der Waals surface area contributed by atoms with Crippen LogP contribution in [0, 0.1) is 23.2 Å². The number of hydrogen-bond donors (Lipinski definition) is 1. The third kappa shape index (κ3) is 3.69. The van der Waals surface area contributed by atoms with E-state index in [9.17, 15) is 0 Å². The second-order valence-corrected chi connectivity index (χ2v) is 6.00. The Labute approximate surface area is 106 Å². The van der Waals surface area contributed by atoms with Crippen molar-refractivity contribution in [1.82, 2.24) is 10.2 Å². The summed E-state index contributed by atoms with van der Waals surface area (Å²) in [6.45, 7) is 11.2. The van der Waals surface area contributed by atoms with Crippen molar-refractivity contribution in [2.75, 3.05) is 20.1 Å². The maximum Gasteiger partial charge on any atom is 0.104 e. The highest BCUT2D eigenvalue weighted by Gasteiger charge is 2.30. The maximum absolute atomic E-state index is 9.15. The SMILES string of the molecule is CNC(C)(C#N)CCN1CC(C)CC(C)C1C. The van der Waals surface area contributed by atoms with Gasteiger partial charge in [-0.2, -0.15) is 5.26 Å². The number of rotatable bonds is 4. The van der Waals surface area contributed by atoms with E-state index < -0.39 is 0 Å². The fourth-order valence-corrected chi connectivity index (χ4v) is 2.73. The van der Waals surface area contributed by atoms with Crippen molar-refractivity contribution in [3.05, 3.63) is 0 Å².